The van der Waals surface area contributed by atoms with Crippen LogP contribution in [0.5, 0.6) is 0 Å². The molecule has 0 aromatic heterocycles. The van der Waals surface area contributed by atoms with Crippen molar-refractivity contribution in [1.82, 2.24) is 0 Å². The van der Waals surface area contributed by atoms with E-state index >= 15 is 0 Å². The standard InChI is InChI=1S/C27H53BrN.C7H8O3S/c1-4-7-10-13-16-19-24-29(27-22-23-28,25-20-17-14-11-8-5-2)26-21-18-15-12-9-6-3;1-6-2-4-7(5-3-6)11(8,9)10/h4-21,24-27H2,1-3H3;2-5H,1H3,(H,8,9,10)/q+1;. The molecular formula is C34H61BrNO3S+. The summed E-state index contributed by atoms with van der Waals surface area (Å²) in [4.78, 5) is 2.96. The van der Waals surface area contributed by atoms with Gasteiger partial charge in [-0.3, -0.25) is 4.55 Å². The number of nitrogens with zero attached hydrogens (tertiary/aromatic N) is 1. The van der Waals surface area contributed by atoms with Gasteiger partial charge in [-0.25, -0.2) is 0 Å². The Morgan fingerprint density at radius 2 is 1.00 bits per heavy atom. The molecule has 1 N–H and O–H groups in total. The van der Waals surface area contributed by atoms with Gasteiger partial charge in [-0.05, 0) is 68.3 Å². The van der Waals surface area contributed by atoms with Crippen LogP contribution in [0, 0.1) is 17.7 Å². The van der Waals surface area contributed by atoms with E-state index in [0.29, 0.717) is 0 Å². The molecule has 0 aliphatic carbocycles. The molecule has 0 unspecified atom stereocenters. The molecule has 1 rings (SSSR count). The molecule has 1 aromatic rings. The highest BCUT2D eigenvalue weighted by molar-refractivity contribution is 9.12. The minimum absolute atomic E-state index is 0.0666. The van der Waals surface area contributed by atoms with Gasteiger partial charge in [0.05, 0.1) is 24.5 Å². The number of unbranched alkanes of at least 4 members (excludes halogenated alkanes) is 15. The molecule has 0 bridgehead atoms. The predicted octanol–water partition coefficient (Wildman–Crippen LogP) is 10.5. The highest BCUT2D eigenvalue weighted by atomic mass is 79.9. The van der Waals surface area contributed by atoms with Crippen molar-refractivity contribution in [3.05, 3.63) is 29.8 Å². The summed E-state index contributed by atoms with van der Waals surface area (Å²) in [6.45, 7) is 13.8. The molecular weight excluding hydrogens is 582 g/mol. The summed E-state index contributed by atoms with van der Waals surface area (Å²) < 4.78 is 30.8. The molecule has 232 valence electrons. The van der Waals surface area contributed by atoms with Gasteiger partial charge in [0.15, 0.2) is 0 Å². The summed E-state index contributed by atoms with van der Waals surface area (Å²) >= 11 is 3.36. The van der Waals surface area contributed by atoms with E-state index in [1.54, 1.807) is 12.1 Å². The van der Waals surface area contributed by atoms with Crippen LogP contribution in [0.15, 0.2) is 29.2 Å². The van der Waals surface area contributed by atoms with Gasteiger partial charge < -0.3 is 4.48 Å². The molecule has 0 saturated carbocycles. The topological polar surface area (TPSA) is 54.4 Å². The minimum atomic E-state index is -4.02. The third kappa shape index (κ3) is 21.8. The molecule has 0 saturated heterocycles. The molecule has 0 spiro atoms. The zero-order valence-corrected chi connectivity index (χ0v) is 28.8. The van der Waals surface area contributed by atoms with Crippen molar-refractivity contribution in [1.29, 1.82) is 0 Å². The summed E-state index contributed by atoms with van der Waals surface area (Å²) in [5, 5.41) is 0. The summed E-state index contributed by atoms with van der Waals surface area (Å²) in [7, 11) is -4.02. The number of rotatable bonds is 23. The lowest BCUT2D eigenvalue weighted by Gasteiger charge is -2.38. The average molecular weight is 644 g/mol. The van der Waals surface area contributed by atoms with Crippen LogP contribution in [0.3, 0.4) is 0 Å². The lowest BCUT2D eigenvalue weighted by Crippen LogP contribution is -2.50. The fourth-order valence-corrected chi connectivity index (χ4v) is 5.77. The molecule has 0 atom stereocenters. The normalized spacial score (nSPS) is 11.4. The maximum absolute atomic E-state index is 10.5. The first-order chi connectivity index (χ1) is 19.2. The Hall–Kier alpha value is -0.870. The van der Waals surface area contributed by atoms with Gasteiger partial charge in [-0.1, -0.05) is 116 Å². The molecule has 1 aromatic carbocycles. The number of benzene rings is 1. The fourth-order valence-electron chi connectivity index (χ4n) is 5.16. The second-order valence-electron chi connectivity index (χ2n) is 11.5. The highest BCUT2D eigenvalue weighted by Gasteiger charge is 2.25. The first-order valence-electron chi connectivity index (χ1n) is 16.2. The van der Waals surface area contributed by atoms with Gasteiger partial charge in [-0.2, -0.15) is 8.42 Å². The van der Waals surface area contributed by atoms with Crippen molar-refractivity contribution >= 4 is 26.0 Å². The lowest BCUT2D eigenvalue weighted by molar-refractivity contribution is -0.922. The maximum Gasteiger partial charge on any atom is 0.294 e. The Morgan fingerprint density at radius 1 is 0.650 bits per heavy atom. The van der Waals surface area contributed by atoms with E-state index in [1.807, 2.05) is 6.92 Å². The van der Waals surface area contributed by atoms with E-state index in [9.17, 15) is 8.42 Å². The van der Waals surface area contributed by atoms with Gasteiger partial charge in [0.2, 0.25) is 0 Å². The summed E-state index contributed by atoms with van der Waals surface area (Å²) in [5.74, 6) is 3.41. The van der Waals surface area contributed by atoms with Crippen LogP contribution in [0.1, 0.15) is 142 Å². The van der Waals surface area contributed by atoms with E-state index in [4.69, 9.17) is 4.55 Å². The highest BCUT2D eigenvalue weighted by Crippen LogP contribution is 2.18. The Bertz CT molecular complexity index is 834. The van der Waals surface area contributed by atoms with Crippen molar-refractivity contribution in [2.24, 2.45) is 0 Å². The van der Waals surface area contributed by atoms with Crippen LogP contribution in [0.4, 0.5) is 0 Å². The maximum atomic E-state index is 10.5. The van der Waals surface area contributed by atoms with E-state index in [1.165, 1.54) is 152 Å². The summed E-state index contributed by atoms with van der Waals surface area (Å²) in [5.41, 5.74) is 0.956. The van der Waals surface area contributed by atoms with Gasteiger partial charge in [0.25, 0.3) is 10.1 Å². The van der Waals surface area contributed by atoms with E-state index < -0.39 is 10.1 Å². The second kappa shape index (κ2) is 25.8. The van der Waals surface area contributed by atoms with Gasteiger partial charge in [-0.15, -0.1) is 0 Å². The molecule has 6 heteroatoms. The van der Waals surface area contributed by atoms with Crippen LogP contribution in [-0.4, -0.2) is 43.6 Å². The molecule has 40 heavy (non-hydrogen) atoms. The molecule has 0 amide bonds. The molecule has 0 fully saturated rings. The zero-order chi connectivity index (χ0) is 30.0. The van der Waals surface area contributed by atoms with Gasteiger partial charge in [0, 0.05) is 15.9 Å². The Kier molecular flexibility index (Phi) is 25.2. The van der Waals surface area contributed by atoms with Crippen molar-refractivity contribution in [3.8, 4) is 10.8 Å². The van der Waals surface area contributed by atoms with Crippen molar-refractivity contribution in [3.63, 3.8) is 0 Å². The number of quaternary nitrogens is 1. The summed E-state index contributed by atoms with van der Waals surface area (Å²) in [6, 6.07) is 5.99. The minimum Gasteiger partial charge on any atom is -0.313 e. The monoisotopic (exact) mass is 642 g/mol. The first-order valence-corrected chi connectivity index (χ1v) is 18.5. The quantitative estimate of drug-likeness (QED) is 0.0559. The molecule has 0 aliphatic rings. The fraction of sp³-hybridized carbons (Fsp3) is 0.765. The van der Waals surface area contributed by atoms with Crippen LogP contribution in [0.25, 0.3) is 0 Å². The predicted molar refractivity (Wildman–Crippen MR) is 178 cm³/mol. The van der Waals surface area contributed by atoms with Gasteiger partial charge >= 0.3 is 0 Å². The zero-order valence-electron chi connectivity index (χ0n) is 26.4. The average Bonchev–Trinajstić information content (AvgIpc) is 2.93. The van der Waals surface area contributed by atoms with E-state index in [-0.39, 0.29) is 4.90 Å². The first kappa shape index (κ1) is 39.1. The van der Waals surface area contributed by atoms with E-state index in [2.05, 4.69) is 47.5 Å². The Labute approximate surface area is 257 Å². The number of halogens is 1. The second-order valence-corrected chi connectivity index (χ2v) is 13.4. The van der Waals surface area contributed by atoms with Crippen LogP contribution in [0.2, 0.25) is 0 Å². The van der Waals surface area contributed by atoms with Gasteiger partial charge in [0.1, 0.15) is 6.54 Å². The van der Waals surface area contributed by atoms with Crippen LogP contribution >= 0.6 is 15.9 Å². The molecule has 0 radical (unpaired) electrons. The van der Waals surface area contributed by atoms with Crippen LogP contribution in [-0.2, 0) is 10.1 Å². The van der Waals surface area contributed by atoms with E-state index in [0.717, 1.165) is 12.1 Å². The number of hydrogen-bond donors (Lipinski definition) is 1. The number of aryl methyl sites for hydroxylation is 1. The molecule has 4 nitrogen and oxygen atoms in total. The Balaban J connectivity index is 0.00000114. The van der Waals surface area contributed by atoms with Crippen molar-refractivity contribution in [2.45, 2.75) is 148 Å². The number of hydrogen-bond acceptors (Lipinski definition) is 2. The third-order valence-corrected chi connectivity index (χ3v) is 8.91. The van der Waals surface area contributed by atoms with Crippen molar-refractivity contribution < 1.29 is 17.5 Å². The smallest absolute Gasteiger partial charge is 0.294 e. The summed E-state index contributed by atoms with van der Waals surface area (Å²) in [6.07, 6.45) is 25.2. The molecule has 0 aliphatic heterocycles. The Morgan fingerprint density at radius 3 is 1.32 bits per heavy atom. The largest absolute Gasteiger partial charge is 0.313 e. The molecule has 0 heterocycles. The van der Waals surface area contributed by atoms with Crippen LogP contribution < -0.4 is 0 Å². The third-order valence-electron chi connectivity index (χ3n) is 7.76. The van der Waals surface area contributed by atoms with Crippen molar-refractivity contribution in [2.75, 3.05) is 26.2 Å². The SMILES string of the molecule is CCCCCCCC[N+](CC#CBr)(CCCCCCCC)CCCCCCCC.Cc1ccc(S(=O)(=O)O)cc1. The lowest BCUT2D eigenvalue weighted by atomic mass is 10.1.